The van der Waals surface area contributed by atoms with Gasteiger partial charge in [0.25, 0.3) is 0 Å². The van der Waals surface area contributed by atoms with Crippen molar-refractivity contribution in [2.75, 3.05) is 30.3 Å². The summed E-state index contributed by atoms with van der Waals surface area (Å²) >= 11 is 1.83. The highest BCUT2D eigenvalue weighted by Gasteiger charge is 2.19. The Balaban J connectivity index is 2.27. The number of thioether (sulfide) groups is 1. The van der Waals surface area contributed by atoms with Gasteiger partial charge in [-0.2, -0.15) is 11.8 Å². The highest BCUT2D eigenvalue weighted by molar-refractivity contribution is 7.99. The van der Waals surface area contributed by atoms with Gasteiger partial charge in [-0.15, -0.1) is 0 Å². The predicted octanol–water partition coefficient (Wildman–Crippen LogP) is 0.411. The van der Waals surface area contributed by atoms with Gasteiger partial charge in [-0.25, -0.2) is 13.1 Å². The summed E-state index contributed by atoms with van der Waals surface area (Å²) < 4.78 is 26.0. The number of hydrogen-bond acceptors (Lipinski definition) is 4. The van der Waals surface area contributed by atoms with Crippen molar-refractivity contribution in [1.82, 2.24) is 10.0 Å². The first-order valence-corrected chi connectivity index (χ1v) is 8.23. The molecule has 1 heterocycles. The Kier molecular flexibility index (Phi) is 5.96. The van der Waals surface area contributed by atoms with E-state index in [9.17, 15) is 8.42 Å². The van der Waals surface area contributed by atoms with Crippen LogP contribution in [0.4, 0.5) is 0 Å². The Hall–Kier alpha value is 0.220. The topological polar surface area (TPSA) is 58.2 Å². The first kappa shape index (κ1) is 13.3. The lowest BCUT2D eigenvalue weighted by molar-refractivity contribution is 0.541. The highest BCUT2D eigenvalue weighted by atomic mass is 32.2. The number of hydrogen-bond donors (Lipinski definition) is 2. The molecule has 1 rings (SSSR count). The monoisotopic (exact) mass is 252 g/mol. The molecule has 4 nitrogen and oxygen atoms in total. The third kappa shape index (κ3) is 5.75. The Morgan fingerprint density at radius 3 is 2.87 bits per heavy atom. The summed E-state index contributed by atoms with van der Waals surface area (Å²) in [5, 5.41) is 3.02. The highest BCUT2D eigenvalue weighted by Crippen LogP contribution is 2.17. The van der Waals surface area contributed by atoms with Gasteiger partial charge >= 0.3 is 0 Å². The van der Waals surface area contributed by atoms with Gasteiger partial charge in [-0.05, 0) is 25.1 Å². The summed E-state index contributed by atoms with van der Waals surface area (Å²) in [4.78, 5) is 0. The molecule has 0 aromatic carbocycles. The number of nitrogens with one attached hydrogen (secondary N) is 2. The Bertz CT molecular complexity index is 261. The predicted molar refractivity (Wildman–Crippen MR) is 65.8 cm³/mol. The molecule has 0 spiro atoms. The van der Waals surface area contributed by atoms with Crippen LogP contribution in [0, 0.1) is 0 Å². The summed E-state index contributed by atoms with van der Waals surface area (Å²) in [7, 11) is -3.08. The van der Waals surface area contributed by atoms with E-state index in [1.807, 2.05) is 18.7 Å². The van der Waals surface area contributed by atoms with Gasteiger partial charge in [-0.3, -0.25) is 0 Å². The van der Waals surface area contributed by atoms with Crippen LogP contribution in [0.3, 0.4) is 0 Å². The van der Waals surface area contributed by atoms with Crippen LogP contribution in [0.2, 0.25) is 0 Å². The Morgan fingerprint density at radius 1 is 1.47 bits per heavy atom. The molecule has 2 N–H and O–H groups in total. The van der Waals surface area contributed by atoms with Crippen molar-refractivity contribution in [3.8, 4) is 0 Å². The van der Waals surface area contributed by atoms with E-state index in [1.165, 1.54) is 0 Å². The van der Waals surface area contributed by atoms with E-state index in [2.05, 4.69) is 10.0 Å². The Labute approximate surface area is 96.6 Å². The van der Waals surface area contributed by atoms with E-state index >= 15 is 0 Å². The maximum absolute atomic E-state index is 11.6. The molecule has 0 saturated carbocycles. The van der Waals surface area contributed by atoms with Crippen molar-refractivity contribution in [3.63, 3.8) is 0 Å². The van der Waals surface area contributed by atoms with Gasteiger partial charge in [0.2, 0.25) is 10.0 Å². The van der Waals surface area contributed by atoms with Crippen molar-refractivity contribution in [2.45, 2.75) is 25.8 Å². The molecule has 0 aromatic rings. The lowest BCUT2D eigenvalue weighted by Crippen LogP contribution is -2.41. The van der Waals surface area contributed by atoms with Crippen LogP contribution < -0.4 is 10.0 Å². The molecule has 1 saturated heterocycles. The second-order valence-corrected chi connectivity index (χ2v) is 6.73. The van der Waals surface area contributed by atoms with Crippen LogP contribution in [0.15, 0.2) is 0 Å². The van der Waals surface area contributed by atoms with E-state index in [0.29, 0.717) is 6.54 Å². The molecular weight excluding hydrogens is 232 g/mol. The molecule has 1 fully saturated rings. The summed E-state index contributed by atoms with van der Waals surface area (Å²) in [5.74, 6) is 2.26. The third-order valence-electron chi connectivity index (χ3n) is 2.30. The molecule has 90 valence electrons. The fourth-order valence-corrected chi connectivity index (χ4v) is 3.95. The van der Waals surface area contributed by atoms with Gasteiger partial charge in [0.1, 0.15) is 0 Å². The van der Waals surface area contributed by atoms with Crippen LogP contribution in [0.1, 0.15) is 19.8 Å². The van der Waals surface area contributed by atoms with Crippen molar-refractivity contribution >= 4 is 21.8 Å². The molecule has 0 aliphatic carbocycles. The van der Waals surface area contributed by atoms with E-state index in [-0.39, 0.29) is 11.8 Å². The van der Waals surface area contributed by atoms with Crippen molar-refractivity contribution < 1.29 is 8.42 Å². The normalized spacial score (nSPS) is 22.9. The van der Waals surface area contributed by atoms with Crippen LogP contribution in [-0.4, -0.2) is 44.8 Å². The van der Waals surface area contributed by atoms with Gasteiger partial charge in [-0.1, -0.05) is 6.92 Å². The molecule has 0 radical (unpaired) electrons. The van der Waals surface area contributed by atoms with E-state index in [0.717, 1.165) is 30.9 Å². The summed E-state index contributed by atoms with van der Waals surface area (Å²) in [6, 6.07) is 0.148. The summed E-state index contributed by atoms with van der Waals surface area (Å²) in [6.45, 7) is 3.32. The number of rotatable bonds is 6. The first-order chi connectivity index (χ1) is 7.14. The smallest absolute Gasteiger partial charge is 0.213 e. The minimum atomic E-state index is -3.08. The lowest BCUT2D eigenvalue weighted by atomic mass is 10.2. The van der Waals surface area contributed by atoms with Crippen LogP contribution in [-0.2, 0) is 10.0 Å². The summed E-state index contributed by atoms with van der Waals surface area (Å²) in [5.41, 5.74) is 0. The van der Waals surface area contributed by atoms with Gasteiger partial charge in [0.05, 0.1) is 5.75 Å². The van der Waals surface area contributed by atoms with Crippen LogP contribution in [0.5, 0.6) is 0 Å². The molecule has 6 heteroatoms. The maximum Gasteiger partial charge on any atom is 0.213 e. The third-order valence-corrected chi connectivity index (χ3v) is 4.95. The van der Waals surface area contributed by atoms with Crippen molar-refractivity contribution in [1.29, 1.82) is 0 Å². The standard InChI is InChI=1S/C9H20N2O2S2/c1-2-10-5-7-15(12,13)11-9-4-3-6-14-8-9/h9-11H,2-8H2,1H3. The molecule has 15 heavy (non-hydrogen) atoms. The zero-order valence-corrected chi connectivity index (χ0v) is 10.8. The maximum atomic E-state index is 11.6. The second kappa shape index (κ2) is 6.73. The van der Waals surface area contributed by atoms with E-state index in [1.54, 1.807) is 0 Å². The van der Waals surface area contributed by atoms with Crippen molar-refractivity contribution in [2.24, 2.45) is 0 Å². The van der Waals surface area contributed by atoms with E-state index in [4.69, 9.17) is 0 Å². The average molecular weight is 252 g/mol. The minimum absolute atomic E-state index is 0.148. The molecular formula is C9H20N2O2S2. The van der Waals surface area contributed by atoms with Crippen LogP contribution >= 0.6 is 11.8 Å². The van der Waals surface area contributed by atoms with Crippen LogP contribution in [0.25, 0.3) is 0 Å². The molecule has 1 aliphatic heterocycles. The SMILES string of the molecule is CCNCCS(=O)(=O)NC1CCCSC1. The fourth-order valence-electron chi connectivity index (χ4n) is 1.53. The van der Waals surface area contributed by atoms with Crippen molar-refractivity contribution in [3.05, 3.63) is 0 Å². The number of sulfonamides is 1. The molecule has 0 bridgehead atoms. The second-order valence-electron chi connectivity index (χ2n) is 3.70. The molecule has 1 atom stereocenters. The molecule has 1 aliphatic rings. The zero-order chi connectivity index (χ0) is 11.1. The largest absolute Gasteiger partial charge is 0.316 e. The molecule has 1 unspecified atom stereocenters. The van der Waals surface area contributed by atoms with E-state index < -0.39 is 10.0 Å². The van der Waals surface area contributed by atoms with Gasteiger partial charge in [0.15, 0.2) is 0 Å². The summed E-state index contributed by atoms with van der Waals surface area (Å²) in [6.07, 6.45) is 2.10. The van der Waals surface area contributed by atoms with Gasteiger partial charge < -0.3 is 5.32 Å². The lowest BCUT2D eigenvalue weighted by Gasteiger charge is -2.22. The average Bonchev–Trinajstić information content (AvgIpc) is 2.18. The quantitative estimate of drug-likeness (QED) is 0.672. The first-order valence-electron chi connectivity index (χ1n) is 5.42. The molecule has 0 aromatic heterocycles. The molecule has 0 amide bonds. The Morgan fingerprint density at radius 2 is 2.27 bits per heavy atom. The fraction of sp³-hybridized carbons (Fsp3) is 1.00. The minimum Gasteiger partial charge on any atom is -0.316 e. The van der Waals surface area contributed by atoms with Gasteiger partial charge in [0, 0.05) is 18.3 Å². The zero-order valence-electron chi connectivity index (χ0n) is 9.16.